The van der Waals surface area contributed by atoms with E-state index in [9.17, 15) is 28.5 Å². The molecule has 0 bridgehead atoms. The number of ether oxygens (including phenoxy) is 1. The zero-order valence-corrected chi connectivity index (χ0v) is 19.0. The van der Waals surface area contributed by atoms with E-state index in [0.29, 0.717) is 5.56 Å². The van der Waals surface area contributed by atoms with Gasteiger partial charge >= 0.3 is 23.5 Å². The summed E-state index contributed by atoms with van der Waals surface area (Å²) in [5.41, 5.74) is 11.2. The van der Waals surface area contributed by atoms with Crippen molar-refractivity contribution in [2.45, 2.75) is 31.4 Å². The Balaban J connectivity index is 1.73. The van der Waals surface area contributed by atoms with Crippen LogP contribution >= 0.6 is 23.5 Å². The molecular formula is C12H20N5O13P3. The number of rotatable bonds is 9. The summed E-state index contributed by atoms with van der Waals surface area (Å²) in [5.74, 6) is -0.182. The van der Waals surface area contributed by atoms with Crippen LogP contribution in [0.1, 0.15) is 18.2 Å². The lowest BCUT2D eigenvalue weighted by Crippen LogP contribution is -2.26. The molecule has 10 N–H and O–H groups in total. The molecule has 0 spiro atoms. The van der Waals surface area contributed by atoms with Crippen molar-refractivity contribution in [1.82, 2.24) is 14.5 Å². The number of aliphatic hydroxyl groups excluding tert-OH is 1. The summed E-state index contributed by atoms with van der Waals surface area (Å²) in [6.07, 6.45) is -2.11. The van der Waals surface area contributed by atoms with Gasteiger partial charge in [0.1, 0.15) is 12.3 Å². The molecule has 0 amide bonds. The molecule has 2 aromatic heterocycles. The number of aromatic amines is 1. The Morgan fingerprint density at radius 2 is 1.88 bits per heavy atom. The van der Waals surface area contributed by atoms with Gasteiger partial charge < -0.3 is 45.5 Å². The van der Waals surface area contributed by atoms with Gasteiger partial charge in [0, 0.05) is 19.2 Å². The Kier molecular flexibility index (Phi) is 7.34. The number of H-pyrrole nitrogens is 1. The molecule has 5 atom stereocenters. The number of hydrogen-bond acceptors (Lipinski definition) is 12. The van der Waals surface area contributed by atoms with Gasteiger partial charge in [-0.15, -0.1) is 0 Å². The van der Waals surface area contributed by atoms with E-state index >= 15 is 0 Å². The number of hydrogen-bond donors (Lipinski definition) is 8. The molecule has 0 radical (unpaired) electrons. The first-order valence-corrected chi connectivity index (χ1v) is 13.3. The van der Waals surface area contributed by atoms with Gasteiger partial charge in [0.05, 0.1) is 18.1 Å². The fourth-order valence-electron chi connectivity index (χ4n) is 3.13. The van der Waals surface area contributed by atoms with E-state index in [1.54, 1.807) is 0 Å². The highest BCUT2D eigenvalue weighted by Crippen LogP contribution is 2.66. The fraction of sp³-hybridized carbons (Fsp3) is 0.500. The number of aromatic nitrogens is 3. The second-order valence-corrected chi connectivity index (χ2v) is 11.2. The van der Waals surface area contributed by atoms with Gasteiger partial charge in [0.15, 0.2) is 5.65 Å². The van der Waals surface area contributed by atoms with Crippen LogP contribution in [0, 0.1) is 0 Å². The Labute approximate surface area is 183 Å². The first-order chi connectivity index (χ1) is 15.1. The zero-order chi connectivity index (χ0) is 24.8. The number of nitrogen functional groups attached to an aromatic ring is 1. The number of phosphoric acid groups is 3. The number of fused-ring (bicyclic) bond motifs is 1. The Morgan fingerprint density at radius 3 is 2.48 bits per heavy atom. The first-order valence-electron chi connectivity index (χ1n) is 8.82. The lowest BCUT2D eigenvalue weighted by atomic mass is 10.2. The summed E-state index contributed by atoms with van der Waals surface area (Å²) in [6.45, 7) is -0.872. The molecule has 0 aliphatic carbocycles. The van der Waals surface area contributed by atoms with Crippen LogP contribution in [0.2, 0.25) is 0 Å². The molecule has 3 unspecified atom stereocenters. The highest BCUT2D eigenvalue weighted by Gasteiger charge is 2.43. The van der Waals surface area contributed by atoms with Crippen LogP contribution in [0.25, 0.3) is 11.0 Å². The molecule has 1 aliphatic rings. The molecule has 1 fully saturated rings. The molecule has 3 rings (SSSR count). The molecule has 1 saturated heterocycles. The van der Waals surface area contributed by atoms with Gasteiger partial charge in [-0.3, -0.25) is 14.3 Å². The third-order valence-corrected chi connectivity index (χ3v) is 8.13. The van der Waals surface area contributed by atoms with Crippen LogP contribution in [0.15, 0.2) is 11.0 Å². The lowest BCUT2D eigenvalue weighted by molar-refractivity contribution is -0.0422. The predicted octanol–water partition coefficient (Wildman–Crippen LogP) is -1.24. The quantitative estimate of drug-likeness (QED) is 0.174. The van der Waals surface area contributed by atoms with Gasteiger partial charge in [0.25, 0.3) is 5.56 Å². The minimum Gasteiger partial charge on any atom is -0.390 e. The van der Waals surface area contributed by atoms with Crippen molar-refractivity contribution >= 4 is 40.4 Å². The Bertz CT molecular complexity index is 1240. The number of aliphatic hydroxyl groups is 1. The highest BCUT2D eigenvalue weighted by atomic mass is 31.3. The summed E-state index contributed by atoms with van der Waals surface area (Å²) in [4.78, 5) is 54.3. The van der Waals surface area contributed by atoms with Crippen molar-refractivity contribution in [3.8, 4) is 0 Å². The number of anilines is 1. The number of nitrogens with two attached hydrogens (primary N) is 2. The van der Waals surface area contributed by atoms with Gasteiger partial charge in [-0.1, -0.05) is 0 Å². The van der Waals surface area contributed by atoms with Gasteiger partial charge in [0.2, 0.25) is 5.95 Å². The van der Waals surface area contributed by atoms with Gasteiger partial charge in [-0.05, 0) is 5.56 Å². The van der Waals surface area contributed by atoms with Gasteiger partial charge in [-0.2, -0.15) is 13.6 Å². The van der Waals surface area contributed by atoms with Crippen LogP contribution in [0.3, 0.4) is 0 Å². The number of nitrogens with zero attached hydrogens (tertiary/aromatic N) is 2. The SMILES string of the molecule is NCc1cn([C@H]2CC(O)[C@@H](COP(=O)(O)OP(=O)(O)OP(=O)(O)O)O2)c2nc(N)[nH]c(=O)c12. The van der Waals surface area contributed by atoms with E-state index in [4.69, 9.17) is 30.9 Å². The van der Waals surface area contributed by atoms with Crippen molar-refractivity contribution in [1.29, 1.82) is 0 Å². The van der Waals surface area contributed by atoms with E-state index in [-0.39, 0.29) is 29.9 Å². The summed E-state index contributed by atoms with van der Waals surface area (Å²) in [5, 5.41) is 10.4. The van der Waals surface area contributed by atoms with Crippen molar-refractivity contribution in [2.24, 2.45) is 5.73 Å². The van der Waals surface area contributed by atoms with E-state index in [0.717, 1.165) is 0 Å². The minimum atomic E-state index is -5.68. The molecule has 2 aromatic rings. The number of phosphoric ester groups is 1. The molecule has 186 valence electrons. The van der Waals surface area contributed by atoms with E-state index in [2.05, 4.69) is 23.1 Å². The predicted molar refractivity (Wildman–Crippen MR) is 107 cm³/mol. The third-order valence-electron chi connectivity index (χ3n) is 4.33. The molecule has 1 aliphatic heterocycles. The Morgan fingerprint density at radius 1 is 1.21 bits per heavy atom. The summed E-state index contributed by atoms with van der Waals surface area (Å²) in [6, 6.07) is 0. The van der Waals surface area contributed by atoms with E-state index in [1.807, 2.05) is 0 Å². The second-order valence-electron chi connectivity index (χ2n) is 6.73. The maximum Gasteiger partial charge on any atom is 0.490 e. The smallest absolute Gasteiger partial charge is 0.390 e. The molecule has 21 heteroatoms. The zero-order valence-electron chi connectivity index (χ0n) is 16.3. The Hall–Kier alpha value is -1.49. The lowest BCUT2D eigenvalue weighted by Gasteiger charge is -2.19. The standard InChI is InChI=1S/C12H20N5O13P3/c13-2-5-3-17(10-9(5)11(19)16-12(14)15-10)8-1-6(18)7(28-8)4-27-32(23,24)30-33(25,26)29-31(20,21)22/h3,6-8,18H,1-2,4,13H2,(H,23,24)(H,25,26)(H2,20,21,22)(H3,14,15,16,19)/t6?,7-,8-/m1/s1. The van der Waals surface area contributed by atoms with Crippen molar-refractivity contribution in [3.63, 3.8) is 0 Å². The highest BCUT2D eigenvalue weighted by molar-refractivity contribution is 7.66. The monoisotopic (exact) mass is 535 g/mol. The summed E-state index contributed by atoms with van der Waals surface area (Å²) >= 11 is 0. The normalized spacial score (nSPS) is 25.2. The first kappa shape index (κ1) is 26.1. The van der Waals surface area contributed by atoms with Crippen LogP contribution < -0.4 is 17.0 Å². The maximum absolute atomic E-state index is 12.2. The molecule has 18 nitrogen and oxygen atoms in total. The minimum absolute atomic E-state index is 0.0249. The molecular weight excluding hydrogens is 515 g/mol. The van der Waals surface area contributed by atoms with Crippen LogP contribution in [0.5, 0.6) is 0 Å². The third kappa shape index (κ3) is 6.35. The van der Waals surface area contributed by atoms with Crippen LogP contribution in [0.4, 0.5) is 5.95 Å². The average Bonchev–Trinajstić information content (AvgIpc) is 3.17. The molecule has 0 saturated carbocycles. The van der Waals surface area contributed by atoms with E-state index < -0.39 is 54.1 Å². The second kappa shape index (κ2) is 9.28. The maximum atomic E-state index is 12.2. The fourth-order valence-corrected chi connectivity index (χ4v) is 6.16. The van der Waals surface area contributed by atoms with Crippen molar-refractivity contribution in [2.75, 3.05) is 12.3 Å². The van der Waals surface area contributed by atoms with Crippen molar-refractivity contribution in [3.05, 3.63) is 22.1 Å². The summed E-state index contributed by atoms with van der Waals surface area (Å²) in [7, 11) is -16.6. The van der Waals surface area contributed by atoms with Crippen molar-refractivity contribution < 1.29 is 56.3 Å². The van der Waals surface area contributed by atoms with Crippen LogP contribution in [-0.4, -0.2) is 58.0 Å². The average molecular weight is 535 g/mol. The number of nitrogens with one attached hydrogen (secondary N) is 1. The van der Waals surface area contributed by atoms with E-state index in [1.165, 1.54) is 10.8 Å². The van der Waals surface area contributed by atoms with Gasteiger partial charge in [-0.25, -0.2) is 13.7 Å². The van der Waals surface area contributed by atoms with Crippen LogP contribution in [-0.2, 0) is 38.1 Å². The summed E-state index contributed by atoms with van der Waals surface area (Å²) < 4.78 is 52.5. The largest absolute Gasteiger partial charge is 0.490 e. The molecule has 33 heavy (non-hydrogen) atoms. The molecule has 3 heterocycles. The molecule has 0 aromatic carbocycles. The topological polar surface area (TPSA) is 292 Å².